The van der Waals surface area contributed by atoms with Crippen molar-refractivity contribution in [3.8, 4) is 11.5 Å². The Hall–Kier alpha value is -2.10. The Kier molecular flexibility index (Phi) is 2.48. The van der Waals surface area contributed by atoms with Crippen molar-refractivity contribution >= 4 is 22.1 Å². The molecule has 0 aliphatic carbocycles. The van der Waals surface area contributed by atoms with Crippen LogP contribution in [0.1, 0.15) is 0 Å². The zero-order valence-electron chi connectivity index (χ0n) is 9.28. The molecule has 0 amide bonds. The Balaban J connectivity index is 2.78. The number of anilines is 2. The first-order valence-electron chi connectivity index (χ1n) is 4.87. The number of methoxy groups -OCH3 is 2. The van der Waals surface area contributed by atoms with E-state index in [1.54, 1.807) is 20.3 Å². The summed E-state index contributed by atoms with van der Waals surface area (Å²) in [5.74, 6) is 1.33. The molecule has 4 N–H and O–H groups in total. The van der Waals surface area contributed by atoms with Crippen molar-refractivity contribution in [1.82, 2.24) is 0 Å². The first-order valence-corrected chi connectivity index (χ1v) is 4.87. The van der Waals surface area contributed by atoms with Crippen LogP contribution in [0.2, 0.25) is 0 Å². The van der Waals surface area contributed by atoms with Crippen LogP contribution in [0.5, 0.6) is 11.5 Å². The van der Waals surface area contributed by atoms with Crippen molar-refractivity contribution in [2.24, 2.45) is 0 Å². The topological polar surface area (TPSA) is 70.5 Å². The third-order valence-electron chi connectivity index (χ3n) is 2.60. The van der Waals surface area contributed by atoms with Crippen LogP contribution in [0.4, 0.5) is 11.4 Å². The Bertz CT molecular complexity index is 538. The number of fused-ring (bicyclic) bond motifs is 1. The van der Waals surface area contributed by atoms with E-state index in [1.165, 1.54) is 0 Å². The average Bonchev–Trinajstić information content (AvgIpc) is 2.32. The van der Waals surface area contributed by atoms with E-state index in [0.717, 1.165) is 10.8 Å². The van der Waals surface area contributed by atoms with E-state index in [9.17, 15) is 0 Å². The van der Waals surface area contributed by atoms with E-state index in [1.807, 2.05) is 18.2 Å². The highest BCUT2D eigenvalue weighted by Gasteiger charge is 2.08. The van der Waals surface area contributed by atoms with Gasteiger partial charge in [0, 0.05) is 5.39 Å². The van der Waals surface area contributed by atoms with Gasteiger partial charge in [-0.25, -0.2) is 0 Å². The first kappa shape index (κ1) is 10.4. The maximum Gasteiger partial charge on any atom is 0.161 e. The second-order valence-electron chi connectivity index (χ2n) is 3.50. The highest BCUT2D eigenvalue weighted by atomic mass is 16.5. The van der Waals surface area contributed by atoms with Gasteiger partial charge in [0.15, 0.2) is 11.5 Å². The summed E-state index contributed by atoms with van der Waals surface area (Å²) in [7, 11) is 3.19. The van der Waals surface area contributed by atoms with Gasteiger partial charge in [-0.1, -0.05) is 6.07 Å². The number of hydrogen-bond acceptors (Lipinski definition) is 4. The normalized spacial score (nSPS) is 10.4. The summed E-state index contributed by atoms with van der Waals surface area (Å²) >= 11 is 0. The smallest absolute Gasteiger partial charge is 0.161 e. The second-order valence-corrected chi connectivity index (χ2v) is 3.50. The third kappa shape index (κ3) is 1.48. The lowest BCUT2D eigenvalue weighted by Crippen LogP contribution is -1.97. The number of hydrogen-bond donors (Lipinski definition) is 2. The Morgan fingerprint density at radius 1 is 0.938 bits per heavy atom. The summed E-state index contributed by atoms with van der Waals surface area (Å²) in [6, 6.07) is 7.40. The zero-order chi connectivity index (χ0) is 11.7. The fraction of sp³-hybridized carbons (Fsp3) is 0.167. The summed E-state index contributed by atoms with van der Waals surface area (Å²) in [6.07, 6.45) is 0. The van der Waals surface area contributed by atoms with Crippen LogP contribution in [0, 0.1) is 0 Å². The quantitative estimate of drug-likeness (QED) is 0.756. The van der Waals surface area contributed by atoms with Gasteiger partial charge in [-0.05, 0) is 23.6 Å². The number of ether oxygens (including phenoxy) is 2. The largest absolute Gasteiger partial charge is 0.493 e. The van der Waals surface area contributed by atoms with Gasteiger partial charge in [-0.2, -0.15) is 0 Å². The molecule has 0 spiro atoms. The van der Waals surface area contributed by atoms with Gasteiger partial charge in [-0.3, -0.25) is 0 Å². The van der Waals surface area contributed by atoms with Crippen LogP contribution < -0.4 is 20.9 Å². The molecule has 0 atom stereocenters. The van der Waals surface area contributed by atoms with Gasteiger partial charge in [0.05, 0.1) is 25.6 Å². The van der Waals surface area contributed by atoms with Crippen LogP contribution in [0.25, 0.3) is 10.8 Å². The molecule has 16 heavy (non-hydrogen) atoms. The first-order chi connectivity index (χ1) is 7.67. The molecule has 0 saturated carbocycles. The van der Waals surface area contributed by atoms with Crippen LogP contribution in [0.15, 0.2) is 24.3 Å². The highest BCUT2D eigenvalue weighted by molar-refractivity contribution is 6.00. The molecule has 0 unspecified atom stereocenters. The molecule has 0 saturated heterocycles. The maximum absolute atomic E-state index is 5.91. The van der Waals surface area contributed by atoms with Gasteiger partial charge in [0.25, 0.3) is 0 Å². The predicted octanol–water partition coefficient (Wildman–Crippen LogP) is 2.02. The zero-order valence-corrected chi connectivity index (χ0v) is 9.28. The molecular weight excluding hydrogens is 204 g/mol. The van der Waals surface area contributed by atoms with Gasteiger partial charge in [0.2, 0.25) is 0 Å². The number of nitrogen functional groups attached to an aromatic ring is 2. The summed E-state index contributed by atoms with van der Waals surface area (Å²) in [6.45, 7) is 0. The Morgan fingerprint density at radius 2 is 1.56 bits per heavy atom. The summed E-state index contributed by atoms with van der Waals surface area (Å²) in [5, 5.41) is 1.85. The average molecular weight is 218 g/mol. The van der Waals surface area contributed by atoms with Gasteiger partial charge in [0.1, 0.15) is 0 Å². The van der Waals surface area contributed by atoms with Crippen molar-refractivity contribution in [3.63, 3.8) is 0 Å². The van der Waals surface area contributed by atoms with Crippen molar-refractivity contribution in [2.45, 2.75) is 0 Å². The van der Waals surface area contributed by atoms with Gasteiger partial charge in [-0.15, -0.1) is 0 Å². The molecule has 2 aromatic rings. The maximum atomic E-state index is 5.91. The molecular formula is C12H14N2O2. The fourth-order valence-electron chi connectivity index (χ4n) is 1.69. The molecule has 84 valence electrons. The van der Waals surface area contributed by atoms with E-state index < -0.39 is 0 Å². The van der Waals surface area contributed by atoms with Crippen LogP contribution in [-0.4, -0.2) is 14.2 Å². The van der Waals surface area contributed by atoms with Gasteiger partial charge < -0.3 is 20.9 Å². The standard InChI is InChI=1S/C12H14N2O2/c1-15-10-5-7-3-4-9(13)12(14)8(7)6-11(10)16-2/h3-6H,13-14H2,1-2H3. The minimum Gasteiger partial charge on any atom is -0.493 e. The molecule has 0 aromatic heterocycles. The van der Waals surface area contributed by atoms with Crippen LogP contribution >= 0.6 is 0 Å². The highest BCUT2D eigenvalue weighted by Crippen LogP contribution is 2.36. The fourth-order valence-corrected chi connectivity index (χ4v) is 1.69. The molecule has 4 nitrogen and oxygen atoms in total. The lowest BCUT2D eigenvalue weighted by atomic mass is 10.1. The number of rotatable bonds is 2. The van der Waals surface area contributed by atoms with Crippen molar-refractivity contribution in [1.29, 1.82) is 0 Å². The molecule has 0 bridgehead atoms. The minimum absolute atomic E-state index is 0.568. The molecule has 0 heterocycles. The van der Waals surface area contributed by atoms with Crippen LogP contribution in [0.3, 0.4) is 0 Å². The van der Waals surface area contributed by atoms with Crippen molar-refractivity contribution < 1.29 is 9.47 Å². The van der Waals surface area contributed by atoms with Crippen molar-refractivity contribution in [3.05, 3.63) is 24.3 Å². The molecule has 0 fully saturated rings. The predicted molar refractivity (Wildman–Crippen MR) is 65.9 cm³/mol. The SMILES string of the molecule is COc1cc2ccc(N)c(N)c2cc1OC. The molecule has 0 aliphatic heterocycles. The number of benzene rings is 2. The molecule has 2 rings (SSSR count). The lowest BCUT2D eigenvalue weighted by molar-refractivity contribution is 0.356. The minimum atomic E-state index is 0.568. The Morgan fingerprint density at radius 3 is 2.19 bits per heavy atom. The second kappa shape index (κ2) is 3.81. The molecule has 0 radical (unpaired) electrons. The van der Waals surface area contributed by atoms with E-state index in [4.69, 9.17) is 20.9 Å². The van der Waals surface area contributed by atoms with E-state index >= 15 is 0 Å². The van der Waals surface area contributed by atoms with E-state index in [2.05, 4.69) is 0 Å². The van der Waals surface area contributed by atoms with E-state index in [-0.39, 0.29) is 0 Å². The molecule has 0 aliphatic rings. The summed E-state index contributed by atoms with van der Waals surface area (Å²) in [4.78, 5) is 0. The van der Waals surface area contributed by atoms with Gasteiger partial charge >= 0.3 is 0 Å². The molecule has 2 aromatic carbocycles. The van der Waals surface area contributed by atoms with Crippen molar-refractivity contribution in [2.75, 3.05) is 25.7 Å². The Labute approximate surface area is 93.7 Å². The summed E-state index contributed by atoms with van der Waals surface area (Å²) < 4.78 is 10.4. The third-order valence-corrected chi connectivity index (χ3v) is 2.60. The molecule has 4 heteroatoms. The van der Waals surface area contributed by atoms with E-state index in [0.29, 0.717) is 22.9 Å². The lowest BCUT2D eigenvalue weighted by Gasteiger charge is -2.11. The monoisotopic (exact) mass is 218 g/mol. The summed E-state index contributed by atoms with van der Waals surface area (Å²) in [5.41, 5.74) is 12.8. The number of nitrogens with two attached hydrogens (primary N) is 2. The van der Waals surface area contributed by atoms with Crippen LogP contribution in [-0.2, 0) is 0 Å².